The lowest BCUT2D eigenvalue weighted by Crippen LogP contribution is -2.47. The molecule has 3 N–H and O–H groups in total. The van der Waals surface area contributed by atoms with E-state index < -0.39 is 23.5 Å². The number of fused-ring (bicyclic) bond motifs is 2. The Kier molecular flexibility index (Phi) is 9.01. The van der Waals surface area contributed by atoms with Crippen molar-refractivity contribution in [1.29, 1.82) is 0 Å². The minimum atomic E-state index is -4.74. The molecule has 7 rings (SSSR count). The fraction of sp³-hybridized carbons (Fsp3) is 0.333. The van der Waals surface area contributed by atoms with Crippen LogP contribution in [0.3, 0.4) is 0 Å². The highest BCUT2D eigenvalue weighted by Gasteiger charge is 2.35. The van der Waals surface area contributed by atoms with Crippen molar-refractivity contribution in [1.82, 2.24) is 25.1 Å². The van der Waals surface area contributed by atoms with Crippen molar-refractivity contribution in [3.63, 3.8) is 0 Å². The van der Waals surface area contributed by atoms with Gasteiger partial charge in [0.05, 0.1) is 42.1 Å². The topological polar surface area (TPSA) is 123 Å². The van der Waals surface area contributed by atoms with Gasteiger partial charge in [0.1, 0.15) is 11.5 Å². The molecule has 3 aromatic heterocycles. The molecule has 1 aliphatic carbocycles. The summed E-state index contributed by atoms with van der Waals surface area (Å²) >= 11 is 7.13. The number of halogens is 4. The van der Waals surface area contributed by atoms with Crippen LogP contribution in [-0.4, -0.2) is 57.3 Å². The number of nitrogens with one attached hydrogen (secondary N) is 2. The molecule has 4 heterocycles. The SMILES string of the molecule is COc1nc(-c2cccc(-c3cccc(Nc4nc(C(F)(F)F)cc5cnn(C)c(=O)c45)c3C)c2Cl)cc2c1[C@@H](N[C@@H]1CCOC[C@H]1O)CC2. The van der Waals surface area contributed by atoms with Gasteiger partial charge in [-0.1, -0.05) is 41.9 Å². The van der Waals surface area contributed by atoms with Gasteiger partial charge in [-0.15, -0.1) is 0 Å². The Bertz CT molecular complexity index is 2180. The first kappa shape index (κ1) is 33.9. The highest BCUT2D eigenvalue weighted by Crippen LogP contribution is 2.44. The van der Waals surface area contributed by atoms with Crippen LogP contribution in [0.2, 0.25) is 5.02 Å². The molecule has 0 saturated carbocycles. The predicted octanol–water partition coefficient (Wildman–Crippen LogP) is 6.52. The molecule has 1 fully saturated rings. The minimum Gasteiger partial charge on any atom is -0.481 e. The molecular formula is C36H34ClF3N6O4. The standard InChI is InChI=1S/C36H34ClF3N6O4/c1-18-21(6-5-9-24(18)43-33-31-20(16-41-46(2)35(31)48)15-29(45-33)36(38,39)40)22-7-4-8-23(32(22)37)27-14-19-10-11-26(30(19)34(44-27)49-3)42-25-12-13-50-17-28(25)47/h4-9,14-16,25-26,28,42,47H,10-13,17H2,1-3H3,(H,43,45)/t25-,26+,28-/m1/s1. The number of aliphatic hydroxyl groups is 1. The zero-order valence-electron chi connectivity index (χ0n) is 27.4. The number of aryl methyl sites for hydroxylation is 2. The summed E-state index contributed by atoms with van der Waals surface area (Å²) in [5, 5.41) is 21.4. The second kappa shape index (κ2) is 13.3. The Labute approximate surface area is 290 Å². The summed E-state index contributed by atoms with van der Waals surface area (Å²) in [5.74, 6) is 0.256. The summed E-state index contributed by atoms with van der Waals surface area (Å²) < 4.78 is 53.7. The highest BCUT2D eigenvalue weighted by atomic mass is 35.5. The fourth-order valence-electron chi connectivity index (χ4n) is 6.86. The summed E-state index contributed by atoms with van der Waals surface area (Å²) in [7, 11) is 3.00. The van der Waals surface area contributed by atoms with Crippen LogP contribution in [0.25, 0.3) is 33.2 Å². The van der Waals surface area contributed by atoms with Crippen molar-refractivity contribution in [3.8, 4) is 28.3 Å². The van der Waals surface area contributed by atoms with E-state index in [9.17, 15) is 23.1 Å². The van der Waals surface area contributed by atoms with Crippen molar-refractivity contribution in [2.24, 2.45) is 7.05 Å². The van der Waals surface area contributed by atoms with E-state index >= 15 is 0 Å². The first-order valence-corrected chi connectivity index (χ1v) is 16.5. The van der Waals surface area contributed by atoms with Crippen LogP contribution >= 0.6 is 11.6 Å². The van der Waals surface area contributed by atoms with Crippen molar-refractivity contribution >= 4 is 33.9 Å². The lowest BCUT2D eigenvalue weighted by Gasteiger charge is -2.31. The smallest absolute Gasteiger partial charge is 0.433 e. The summed E-state index contributed by atoms with van der Waals surface area (Å²) in [5.41, 5.74) is 4.16. The maximum atomic E-state index is 13.8. The average Bonchev–Trinajstić information content (AvgIpc) is 3.50. The Morgan fingerprint density at radius 2 is 1.84 bits per heavy atom. The third-order valence-corrected chi connectivity index (χ3v) is 9.87. The number of benzene rings is 2. The predicted molar refractivity (Wildman–Crippen MR) is 184 cm³/mol. The second-order valence-corrected chi connectivity index (χ2v) is 12.9. The van der Waals surface area contributed by atoms with Gasteiger partial charge in [0, 0.05) is 53.5 Å². The minimum absolute atomic E-state index is 0.0154. The number of rotatable bonds is 7. The number of aromatic nitrogens is 4. The highest BCUT2D eigenvalue weighted by molar-refractivity contribution is 6.36. The van der Waals surface area contributed by atoms with Crippen LogP contribution in [0, 0.1) is 6.92 Å². The van der Waals surface area contributed by atoms with Gasteiger partial charge in [-0.25, -0.2) is 14.6 Å². The summed E-state index contributed by atoms with van der Waals surface area (Å²) in [6, 6.07) is 13.7. The average molecular weight is 707 g/mol. The quantitative estimate of drug-likeness (QED) is 0.174. The lowest BCUT2D eigenvalue weighted by atomic mass is 9.96. The van der Waals surface area contributed by atoms with Crippen molar-refractivity contribution < 1.29 is 27.8 Å². The molecule has 260 valence electrons. The molecule has 0 amide bonds. The molecule has 1 aliphatic heterocycles. The molecule has 0 spiro atoms. The van der Waals surface area contributed by atoms with Crippen LogP contribution in [0.1, 0.15) is 41.3 Å². The van der Waals surface area contributed by atoms with Gasteiger partial charge in [0.2, 0.25) is 5.88 Å². The normalized spacial score (nSPS) is 19.1. The first-order valence-electron chi connectivity index (χ1n) is 16.1. The Morgan fingerprint density at radius 1 is 1.08 bits per heavy atom. The number of anilines is 2. The van der Waals surface area contributed by atoms with Crippen molar-refractivity contribution in [2.75, 3.05) is 25.6 Å². The second-order valence-electron chi connectivity index (χ2n) is 12.5. The summed E-state index contributed by atoms with van der Waals surface area (Å²) in [6.45, 7) is 2.71. The van der Waals surface area contributed by atoms with Gasteiger partial charge in [-0.3, -0.25) is 4.79 Å². The van der Waals surface area contributed by atoms with Gasteiger partial charge in [-0.2, -0.15) is 18.3 Å². The molecule has 1 saturated heterocycles. The van der Waals surface area contributed by atoms with Crippen LogP contribution in [-0.2, 0) is 24.4 Å². The third kappa shape index (κ3) is 6.19. The Hall–Kier alpha value is -4.56. The molecule has 2 aliphatic rings. The van der Waals surface area contributed by atoms with E-state index in [1.165, 1.54) is 13.2 Å². The van der Waals surface area contributed by atoms with Crippen molar-refractivity contribution in [2.45, 2.75) is 50.6 Å². The van der Waals surface area contributed by atoms with E-state index in [1.807, 2.05) is 37.3 Å². The molecule has 0 radical (unpaired) electrons. The molecular weight excluding hydrogens is 673 g/mol. The zero-order valence-corrected chi connectivity index (χ0v) is 28.2. The molecule has 0 bridgehead atoms. The molecule has 3 atom stereocenters. The molecule has 10 nitrogen and oxygen atoms in total. The van der Waals surface area contributed by atoms with Gasteiger partial charge in [0.15, 0.2) is 0 Å². The molecule has 0 unspecified atom stereocenters. The van der Waals surface area contributed by atoms with E-state index in [4.69, 9.17) is 26.1 Å². The summed E-state index contributed by atoms with van der Waals surface area (Å²) in [6.07, 6.45) is -1.79. The van der Waals surface area contributed by atoms with Gasteiger partial charge in [0.25, 0.3) is 5.56 Å². The molecule has 2 aromatic carbocycles. The lowest BCUT2D eigenvalue weighted by molar-refractivity contribution is -0.141. The van der Waals surface area contributed by atoms with Crippen LogP contribution in [0.4, 0.5) is 24.7 Å². The van der Waals surface area contributed by atoms with E-state index in [0.29, 0.717) is 58.6 Å². The largest absolute Gasteiger partial charge is 0.481 e. The fourth-order valence-corrected chi connectivity index (χ4v) is 7.18. The van der Waals surface area contributed by atoms with Gasteiger partial charge in [-0.05, 0) is 61.1 Å². The maximum Gasteiger partial charge on any atom is 0.433 e. The molecule has 50 heavy (non-hydrogen) atoms. The van der Waals surface area contributed by atoms with E-state index in [0.717, 1.165) is 40.3 Å². The van der Waals surface area contributed by atoms with E-state index in [2.05, 4.69) is 20.7 Å². The Balaban J connectivity index is 1.25. The molecule has 5 aromatic rings. The summed E-state index contributed by atoms with van der Waals surface area (Å²) in [4.78, 5) is 21.7. The number of ether oxygens (including phenoxy) is 2. The Morgan fingerprint density at radius 3 is 2.60 bits per heavy atom. The number of hydrogen-bond acceptors (Lipinski definition) is 9. The number of nitrogens with zero attached hydrogens (tertiary/aromatic N) is 4. The van der Waals surface area contributed by atoms with E-state index in [1.54, 1.807) is 19.2 Å². The number of pyridine rings is 2. The number of aliphatic hydroxyl groups excluding tert-OH is 1. The first-order chi connectivity index (χ1) is 23.9. The van der Waals surface area contributed by atoms with E-state index in [-0.39, 0.29) is 28.7 Å². The van der Waals surface area contributed by atoms with Crippen LogP contribution in [0.5, 0.6) is 5.88 Å². The monoisotopic (exact) mass is 706 g/mol. The van der Waals surface area contributed by atoms with Gasteiger partial charge >= 0.3 is 6.18 Å². The maximum absolute atomic E-state index is 13.8. The van der Waals surface area contributed by atoms with Crippen molar-refractivity contribution in [3.05, 3.63) is 92.5 Å². The van der Waals surface area contributed by atoms with Crippen LogP contribution < -0.4 is 20.9 Å². The van der Waals surface area contributed by atoms with Crippen LogP contribution in [0.15, 0.2) is 59.5 Å². The number of alkyl halides is 3. The van der Waals surface area contributed by atoms with Gasteiger partial charge < -0.3 is 25.2 Å². The number of methoxy groups -OCH3 is 1. The zero-order chi connectivity index (χ0) is 35.3. The molecule has 14 heteroatoms. The third-order valence-electron chi connectivity index (χ3n) is 9.46. The number of hydrogen-bond donors (Lipinski definition) is 3.